The first-order valence-corrected chi connectivity index (χ1v) is 5.80. The standard InChI is InChI=1S/C13H14N4O3/c1-16-12(7-14)15-9-6-11(20-4)10(19-3)5-8(9)13(18)17(16)2/h5-6H,1-4H3. The number of hydrogen-bond acceptors (Lipinski definition) is 6. The highest BCUT2D eigenvalue weighted by Gasteiger charge is 2.27. The predicted molar refractivity (Wildman–Crippen MR) is 72.1 cm³/mol. The van der Waals surface area contributed by atoms with Gasteiger partial charge in [0.2, 0.25) is 5.84 Å². The molecule has 0 unspecified atom stereocenters. The molecule has 1 amide bonds. The number of amides is 1. The van der Waals surface area contributed by atoms with Crippen LogP contribution in [0.3, 0.4) is 0 Å². The summed E-state index contributed by atoms with van der Waals surface area (Å²) in [7, 11) is 6.16. The average molecular weight is 274 g/mol. The molecule has 2 rings (SSSR count). The van der Waals surface area contributed by atoms with Gasteiger partial charge in [-0.05, 0) is 6.07 Å². The van der Waals surface area contributed by atoms with E-state index < -0.39 is 0 Å². The third-order valence-corrected chi connectivity index (χ3v) is 3.11. The quantitative estimate of drug-likeness (QED) is 0.809. The molecule has 104 valence electrons. The molecule has 0 aliphatic carbocycles. The smallest absolute Gasteiger partial charge is 0.274 e. The zero-order valence-corrected chi connectivity index (χ0v) is 11.7. The summed E-state index contributed by atoms with van der Waals surface area (Å²) >= 11 is 0. The fraction of sp³-hybridized carbons (Fsp3) is 0.308. The lowest BCUT2D eigenvalue weighted by Gasteiger charge is -2.26. The van der Waals surface area contributed by atoms with E-state index in [-0.39, 0.29) is 11.7 Å². The summed E-state index contributed by atoms with van der Waals surface area (Å²) < 4.78 is 10.4. The van der Waals surface area contributed by atoms with Gasteiger partial charge in [-0.25, -0.2) is 4.99 Å². The van der Waals surface area contributed by atoms with E-state index in [2.05, 4.69) is 4.99 Å². The maximum Gasteiger partial charge on any atom is 0.274 e. The van der Waals surface area contributed by atoms with Crippen LogP contribution in [0.25, 0.3) is 0 Å². The number of ether oxygens (including phenoxy) is 2. The van der Waals surface area contributed by atoms with Crippen LogP contribution < -0.4 is 9.47 Å². The normalized spacial score (nSPS) is 14.2. The zero-order valence-electron chi connectivity index (χ0n) is 11.7. The van der Waals surface area contributed by atoms with Gasteiger partial charge in [0.05, 0.1) is 25.5 Å². The van der Waals surface area contributed by atoms with Crippen LogP contribution in [0.4, 0.5) is 5.69 Å². The summed E-state index contributed by atoms with van der Waals surface area (Å²) in [6, 6.07) is 5.10. The minimum atomic E-state index is -0.280. The molecule has 7 nitrogen and oxygen atoms in total. The number of rotatable bonds is 2. The first-order chi connectivity index (χ1) is 9.53. The van der Waals surface area contributed by atoms with E-state index in [9.17, 15) is 4.79 Å². The third kappa shape index (κ3) is 2.01. The van der Waals surface area contributed by atoms with Crippen LogP contribution in [0.5, 0.6) is 11.5 Å². The summed E-state index contributed by atoms with van der Waals surface area (Å²) in [5.41, 5.74) is 0.725. The molecule has 0 saturated carbocycles. The van der Waals surface area contributed by atoms with Gasteiger partial charge in [-0.15, -0.1) is 0 Å². The Kier molecular flexibility index (Phi) is 3.48. The van der Waals surface area contributed by atoms with Crippen molar-refractivity contribution in [1.29, 1.82) is 5.26 Å². The lowest BCUT2D eigenvalue weighted by Crippen LogP contribution is -2.43. The van der Waals surface area contributed by atoms with Crippen LogP contribution in [-0.4, -0.2) is 50.1 Å². The molecule has 1 aliphatic rings. The number of amidine groups is 1. The molecule has 0 fully saturated rings. The Bertz CT molecular complexity index is 633. The first kappa shape index (κ1) is 13.7. The molecule has 0 radical (unpaired) electrons. The average Bonchev–Trinajstić information content (AvgIpc) is 2.56. The lowest BCUT2D eigenvalue weighted by atomic mass is 10.1. The molecule has 0 N–H and O–H groups in total. The summed E-state index contributed by atoms with van der Waals surface area (Å²) in [6.45, 7) is 0. The summed E-state index contributed by atoms with van der Waals surface area (Å²) in [4.78, 5) is 16.6. The number of nitriles is 1. The van der Waals surface area contributed by atoms with Crippen LogP contribution in [0.15, 0.2) is 17.1 Å². The molecule has 1 heterocycles. The SMILES string of the molecule is COc1cc2c(cc1OC)C(=O)N(C)N(C)C(C#N)=N2. The summed E-state index contributed by atoms with van der Waals surface area (Å²) in [5, 5.41) is 11.8. The Morgan fingerprint density at radius 2 is 1.75 bits per heavy atom. The molecule has 7 heteroatoms. The molecule has 1 aliphatic heterocycles. The minimum absolute atomic E-state index is 0.117. The predicted octanol–water partition coefficient (Wildman–Crippen LogP) is 1.19. The fourth-order valence-corrected chi connectivity index (χ4v) is 1.87. The summed E-state index contributed by atoms with van der Waals surface area (Å²) in [6.07, 6.45) is 0. The van der Waals surface area contributed by atoms with Gasteiger partial charge < -0.3 is 9.47 Å². The first-order valence-electron chi connectivity index (χ1n) is 5.80. The van der Waals surface area contributed by atoms with Gasteiger partial charge in [0.15, 0.2) is 11.5 Å². The van der Waals surface area contributed by atoms with Gasteiger partial charge >= 0.3 is 0 Å². The van der Waals surface area contributed by atoms with Crippen molar-refractivity contribution in [2.24, 2.45) is 4.99 Å². The molecule has 0 atom stereocenters. The van der Waals surface area contributed by atoms with Crippen molar-refractivity contribution < 1.29 is 14.3 Å². The highest BCUT2D eigenvalue weighted by atomic mass is 16.5. The van der Waals surface area contributed by atoms with E-state index in [1.807, 2.05) is 6.07 Å². The molecule has 0 aromatic heterocycles. The lowest BCUT2D eigenvalue weighted by molar-refractivity contribution is 0.0508. The van der Waals surface area contributed by atoms with E-state index >= 15 is 0 Å². The van der Waals surface area contributed by atoms with E-state index in [4.69, 9.17) is 14.7 Å². The number of methoxy groups -OCH3 is 2. The second-order valence-corrected chi connectivity index (χ2v) is 4.12. The van der Waals surface area contributed by atoms with Crippen molar-refractivity contribution in [3.8, 4) is 17.6 Å². The molecule has 1 aromatic carbocycles. The monoisotopic (exact) mass is 274 g/mol. The maximum atomic E-state index is 12.4. The number of hydrogen-bond donors (Lipinski definition) is 0. The van der Waals surface area contributed by atoms with Gasteiger partial charge in [-0.3, -0.25) is 14.8 Å². The van der Waals surface area contributed by atoms with E-state index in [0.29, 0.717) is 22.7 Å². The molecule has 0 spiro atoms. The number of carbonyl (C=O) groups is 1. The highest BCUT2D eigenvalue weighted by molar-refractivity contribution is 6.07. The molecule has 1 aromatic rings. The number of aliphatic imine (C=N–C) groups is 1. The third-order valence-electron chi connectivity index (χ3n) is 3.11. The van der Waals surface area contributed by atoms with Gasteiger partial charge in [-0.1, -0.05) is 0 Å². The molecular weight excluding hydrogens is 260 g/mol. The minimum Gasteiger partial charge on any atom is -0.493 e. The maximum absolute atomic E-state index is 12.4. The van der Waals surface area contributed by atoms with Crippen molar-refractivity contribution in [1.82, 2.24) is 10.0 Å². The Morgan fingerprint density at radius 1 is 1.15 bits per heavy atom. The van der Waals surface area contributed by atoms with Crippen molar-refractivity contribution in [2.45, 2.75) is 0 Å². The van der Waals surface area contributed by atoms with E-state index in [0.717, 1.165) is 0 Å². The second-order valence-electron chi connectivity index (χ2n) is 4.12. The van der Waals surface area contributed by atoms with E-state index in [1.165, 1.54) is 24.2 Å². The van der Waals surface area contributed by atoms with Crippen molar-refractivity contribution >= 4 is 17.4 Å². The van der Waals surface area contributed by atoms with E-state index in [1.54, 1.807) is 26.2 Å². The number of fused-ring (bicyclic) bond motifs is 1. The van der Waals surface area contributed by atoms with Crippen LogP contribution >= 0.6 is 0 Å². The topological polar surface area (TPSA) is 78.2 Å². The second kappa shape index (κ2) is 5.09. The Morgan fingerprint density at radius 3 is 2.30 bits per heavy atom. The van der Waals surface area contributed by atoms with Crippen LogP contribution in [0, 0.1) is 11.3 Å². The Balaban J connectivity index is 2.70. The Labute approximate surface area is 116 Å². The number of benzene rings is 1. The number of nitrogens with zero attached hydrogens (tertiary/aromatic N) is 4. The number of hydrazine groups is 1. The Hall–Kier alpha value is -2.75. The molecule has 0 bridgehead atoms. The van der Waals surface area contributed by atoms with Crippen molar-refractivity contribution in [3.05, 3.63) is 17.7 Å². The largest absolute Gasteiger partial charge is 0.493 e. The number of carbonyl (C=O) groups excluding carboxylic acids is 1. The summed E-state index contributed by atoms with van der Waals surface area (Å²) in [5.74, 6) is 0.725. The van der Waals surface area contributed by atoms with Gasteiger partial charge in [0, 0.05) is 20.2 Å². The molecule has 20 heavy (non-hydrogen) atoms. The van der Waals surface area contributed by atoms with Crippen LogP contribution in [-0.2, 0) is 0 Å². The van der Waals surface area contributed by atoms with Crippen molar-refractivity contribution in [3.63, 3.8) is 0 Å². The molecular formula is C13H14N4O3. The van der Waals surface area contributed by atoms with Gasteiger partial charge in [0.1, 0.15) is 6.07 Å². The molecule has 0 saturated heterocycles. The van der Waals surface area contributed by atoms with Crippen molar-refractivity contribution in [2.75, 3.05) is 28.3 Å². The van der Waals surface area contributed by atoms with Gasteiger partial charge in [0.25, 0.3) is 5.91 Å². The fourth-order valence-electron chi connectivity index (χ4n) is 1.87. The van der Waals surface area contributed by atoms with Crippen LogP contribution in [0.2, 0.25) is 0 Å². The van der Waals surface area contributed by atoms with Gasteiger partial charge in [-0.2, -0.15) is 5.26 Å². The van der Waals surface area contributed by atoms with Crippen LogP contribution in [0.1, 0.15) is 10.4 Å². The highest BCUT2D eigenvalue weighted by Crippen LogP contribution is 2.36. The zero-order chi connectivity index (χ0) is 14.9.